The van der Waals surface area contributed by atoms with Crippen LogP contribution in [-0.4, -0.2) is 75.2 Å². The molecule has 1 N–H and O–H groups in total. The number of nitrogens with one attached hydrogen (secondary N) is 1. The van der Waals surface area contributed by atoms with Gasteiger partial charge >= 0.3 is 0 Å². The smallest absolute Gasteiger partial charge is 0.295 e. The number of aromatic nitrogens is 3. The van der Waals surface area contributed by atoms with Crippen molar-refractivity contribution in [3.8, 4) is 17.1 Å². The van der Waals surface area contributed by atoms with Gasteiger partial charge in [0, 0.05) is 51.2 Å². The molecule has 4 heterocycles. The number of methoxy groups -OCH3 is 1. The van der Waals surface area contributed by atoms with E-state index in [0.717, 1.165) is 5.69 Å². The van der Waals surface area contributed by atoms with Crippen LogP contribution in [0.25, 0.3) is 22.3 Å². The maximum absolute atomic E-state index is 13.3. The van der Waals surface area contributed by atoms with Gasteiger partial charge in [0.05, 0.1) is 35.5 Å². The van der Waals surface area contributed by atoms with Gasteiger partial charge in [-0.25, -0.2) is 4.98 Å². The number of rotatable bonds is 5. The van der Waals surface area contributed by atoms with E-state index in [1.165, 1.54) is 18.2 Å². The molecular formula is C26H25N5O4. The van der Waals surface area contributed by atoms with Crippen molar-refractivity contribution in [1.29, 1.82) is 0 Å². The Hall–Kier alpha value is -4.40. The van der Waals surface area contributed by atoms with E-state index in [0.29, 0.717) is 54.1 Å². The second-order valence-corrected chi connectivity index (χ2v) is 8.41. The third kappa shape index (κ3) is 3.95. The van der Waals surface area contributed by atoms with E-state index in [9.17, 15) is 14.4 Å². The van der Waals surface area contributed by atoms with E-state index in [2.05, 4.69) is 9.97 Å². The van der Waals surface area contributed by atoms with Crippen molar-refractivity contribution in [2.45, 2.75) is 0 Å². The summed E-state index contributed by atoms with van der Waals surface area (Å²) in [5.41, 5.74) is 3.00. The molecule has 0 saturated carbocycles. The summed E-state index contributed by atoms with van der Waals surface area (Å²) in [5.74, 6) is -0.891. The number of fused-ring (bicyclic) bond motifs is 1. The molecular weight excluding hydrogens is 446 g/mol. The lowest BCUT2D eigenvalue weighted by Gasteiger charge is -2.34. The van der Waals surface area contributed by atoms with Gasteiger partial charge in [0.1, 0.15) is 11.4 Å². The van der Waals surface area contributed by atoms with E-state index in [4.69, 9.17) is 4.74 Å². The van der Waals surface area contributed by atoms with Crippen LogP contribution in [-0.2, 0) is 11.8 Å². The number of benzene rings is 1. The Labute approximate surface area is 201 Å². The molecule has 1 aliphatic heterocycles. The molecule has 1 saturated heterocycles. The number of ether oxygens (including phenoxy) is 1. The number of piperazine rings is 1. The van der Waals surface area contributed by atoms with Crippen LogP contribution in [0.2, 0.25) is 0 Å². The van der Waals surface area contributed by atoms with Gasteiger partial charge in [-0.3, -0.25) is 14.4 Å². The average molecular weight is 472 g/mol. The van der Waals surface area contributed by atoms with E-state index < -0.39 is 11.7 Å². The quantitative estimate of drug-likeness (QED) is 0.356. The SMILES string of the molecule is COc1cnc(-c2cccn2C)c2[nH]cc(C(=O)C(=O)N3CCN(C(=O)c4ccccc4)CC3)c12. The van der Waals surface area contributed by atoms with Crippen LogP contribution >= 0.6 is 0 Å². The van der Waals surface area contributed by atoms with Gasteiger partial charge in [0.2, 0.25) is 0 Å². The molecule has 0 aliphatic carbocycles. The molecule has 4 aromatic rings. The normalized spacial score (nSPS) is 13.8. The molecule has 5 rings (SSSR count). The van der Waals surface area contributed by atoms with E-state index in [1.807, 2.05) is 48.1 Å². The highest BCUT2D eigenvalue weighted by molar-refractivity contribution is 6.45. The Morgan fingerprint density at radius 1 is 0.971 bits per heavy atom. The zero-order valence-electron chi connectivity index (χ0n) is 19.5. The minimum Gasteiger partial charge on any atom is -0.494 e. The standard InChI is InChI=1S/C26H25N5O4/c1-29-10-6-9-19(29)22-23-21(20(35-2)16-28-22)18(15-27-23)24(32)26(34)31-13-11-30(12-14-31)25(33)17-7-4-3-5-8-17/h3-10,15-16,27H,11-14H2,1-2H3. The highest BCUT2D eigenvalue weighted by Crippen LogP contribution is 2.34. The molecule has 0 atom stereocenters. The van der Waals surface area contributed by atoms with Crippen LogP contribution in [0.3, 0.4) is 0 Å². The van der Waals surface area contributed by atoms with Gasteiger partial charge in [-0.15, -0.1) is 0 Å². The lowest BCUT2D eigenvalue weighted by molar-refractivity contribution is -0.127. The summed E-state index contributed by atoms with van der Waals surface area (Å²) < 4.78 is 7.40. The van der Waals surface area contributed by atoms with Crippen LogP contribution in [0, 0.1) is 0 Å². The Morgan fingerprint density at radius 3 is 2.34 bits per heavy atom. The number of hydrogen-bond donors (Lipinski definition) is 1. The fourth-order valence-corrected chi connectivity index (χ4v) is 4.49. The third-order valence-electron chi connectivity index (χ3n) is 6.39. The summed E-state index contributed by atoms with van der Waals surface area (Å²) >= 11 is 0. The summed E-state index contributed by atoms with van der Waals surface area (Å²) in [6, 6.07) is 12.9. The molecule has 1 aromatic carbocycles. The Balaban J connectivity index is 1.37. The monoisotopic (exact) mass is 471 g/mol. The summed E-state index contributed by atoms with van der Waals surface area (Å²) in [7, 11) is 3.42. The van der Waals surface area contributed by atoms with Crippen molar-refractivity contribution < 1.29 is 19.1 Å². The van der Waals surface area contributed by atoms with Crippen LogP contribution in [0.15, 0.2) is 61.1 Å². The fraction of sp³-hybridized carbons (Fsp3) is 0.231. The molecule has 2 amide bonds. The molecule has 0 bridgehead atoms. The van der Waals surface area contributed by atoms with Gasteiger partial charge in [-0.2, -0.15) is 0 Å². The highest BCUT2D eigenvalue weighted by atomic mass is 16.5. The zero-order valence-corrected chi connectivity index (χ0v) is 19.5. The number of Topliss-reactive ketones (excluding diaryl/α,β-unsaturated/α-hetero) is 1. The molecule has 3 aromatic heterocycles. The largest absolute Gasteiger partial charge is 0.494 e. The molecule has 35 heavy (non-hydrogen) atoms. The maximum Gasteiger partial charge on any atom is 0.295 e. The predicted molar refractivity (Wildman–Crippen MR) is 130 cm³/mol. The van der Waals surface area contributed by atoms with E-state index >= 15 is 0 Å². The number of amides is 2. The van der Waals surface area contributed by atoms with E-state index in [-0.39, 0.29) is 11.5 Å². The topological polar surface area (TPSA) is 101 Å². The number of carbonyl (C=O) groups is 3. The van der Waals surface area contributed by atoms with Crippen molar-refractivity contribution in [3.05, 3.63) is 72.2 Å². The Morgan fingerprint density at radius 2 is 1.69 bits per heavy atom. The Kier molecular flexibility index (Phi) is 5.82. The van der Waals surface area contributed by atoms with Gasteiger partial charge in [0.15, 0.2) is 0 Å². The number of aryl methyl sites for hydroxylation is 1. The molecule has 1 aliphatic rings. The molecule has 9 heteroatoms. The van der Waals surface area contributed by atoms with Crippen LogP contribution in [0.1, 0.15) is 20.7 Å². The summed E-state index contributed by atoms with van der Waals surface area (Å²) in [6.07, 6.45) is 5.01. The van der Waals surface area contributed by atoms with E-state index in [1.54, 1.807) is 23.2 Å². The third-order valence-corrected chi connectivity index (χ3v) is 6.39. The molecule has 178 valence electrons. The molecule has 1 fully saturated rings. The van der Waals surface area contributed by atoms with Gasteiger partial charge < -0.3 is 24.1 Å². The van der Waals surface area contributed by atoms with Crippen molar-refractivity contribution in [2.75, 3.05) is 33.3 Å². The van der Waals surface area contributed by atoms with Gasteiger partial charge in [-0.05, 0) is 24.3 Å². The van der Waals surface area contributed by atoms with Crippen molar-refractivity contribution in [3.63, 3.8) is 0 Å². The van der Waals surface area contributed by atoms with Gasteiger partial charge in [0.25, 0.3) is 17.6 Å². The zero-order chi connectivity index (χ0) is 24.5. The number of aromatic amines is 1. The fourth-order valence-electron chi connectivity index (χ4n) is 4.49. The minimum absolute atomic E-state index is 0.0777. The number of carbonyl (C=O) groups excluding carboxylic acids is 3. The first-order chi connectivity index (χ1) is 17.0. The van der Waals surface area contributed by atoms with Crippen LogP contribution in [0.4, 0.5) is 0 Å². The second kappa shape index (κ2) is 9.09. The van der Waals surface area contributed by atoms with Crippen molar-refractivity contribution >= 4 is 28.5 Å². The summed E-state index contributed by atoms with van der Waals surface area (Å²) in [4.78, 5) is 50.0. The number of H-pyrrole nitrogens is 1. The number of hydrogen-bond acceptors (Lipinski definition) is 5. The first-order valence-corrected chi connectivity index (χ1v) is 11.3. The number of ketones is 1. The summed E-state index contributed by atoms with van der Waals surface area (Å²) in [5, 5.41) is 0.523. The van der Waals surface area contributed by atoms with Crippen LogP contribution < -0.4 is 4.74 Å². The molecule has 0 spiro atoms. The van der Waals surface area contributed by atoms with Gasteiger partial charge in [-0.1, -0.05) is 18.2 Å². The molecule has 0 radical (unpaired) electrons. The Bertz CT molecular complexity index is 1410. The highest BCUT2D eigenvalue weighted by Gasteiger charge is 2.31. The molecule has 9 nitrogen and oxygen atoms in total. The van der Waals surface area contributed by atoms with Crippen molar-refractivity contribution in [2.24, 2.45) is 7.05 Å². The van der Waals surface area contributed by atoms with Crippen LogP contribution in [0.5, 0.6) is 5.75 Å². The molecule has 0 unspecified atom stereocenters. The number of pyridine rings is 1. The predicted octanol–water partition coefficient (Wildman–Crippen LogP) is 2.74. The minimum atomic E-state index is -0.624. The average Bonchev–Trinajstić information content (AvgIpc) is 3.54. The number of nitrogens with zero attached hydrogens (tertiary/aromatic N) is 4. The lowest BCUT2D eigenvalue weighted by atomic mass is 10.1. The second-order valence-electron chi connectivity index (χ2n) is 8.41. The maximum atomic E-state index is 13.3. The van der Waals surface area contributed by atoms with Crippen molar-refractivity contribution in [1.82, 2.24) is 24.3 Å². The first kappa shape index (κ1) is 22.4. The summed E-state index contributed by atoms with van der Waals surface area (Å²) in [6.45, 7) is 1.31. The lowest BCUT2D eigenvalue weighted by Crippen LogP contribution is -2.52. The first-order valence-electron chi connectivity index (χ1n) is 11.3.